The van der Waals surface area contributed by atoms with Gasteiger partial charge in [0.2, 0.25) is 0 Å². The summed E-state index contributed by atoms with van der Waals surface area (Å²) in [6.45, 7) is 1.07. The number of rotatable bonds is 3. The second-order valence-corrected chi connectivity index (χ2v) is 6.18. The normalized spacial score (nSPS) is 20.2. The average Bonchev–Trinajstić information content (AvgIpc) is 2.78. The molecule has 0 bridgehead atoms. The van der Waals surface area contributed by atoms with Crippen LogP contribution in [0, 0.1) is 17.5 Å². The van der Waals surface area contributed by atoms with Crippen LogP contribution in [0.3, 0.4) is 0 Å². The molecule has 0 saturated carbocycles. The zero-order valence-corrected chi connectivity index (χ0v) is 14.4. The smallest absolute Gasteiger partial charge is 0.315 e. The van der Waals surface area contributed by atoms with Crippen molar-refractivity contribution in [1.82, 2.24) is 4.48 Å². The number of hydrogen-bond acceptors (Lipinski definition) is 2. The summed E-state index contributed by atoms with van der Waals surface area (Å²) in [5, 5.41) is 9.72. The third kappa shape index (κ3) is 2.66. The van der Waals surface area contributed by atoms with E-state index >= 15 is 0 Å². The van der Waals surface area contributed by atoms with Crippen LogP contribution in [0.15, 0.2) is 52.8 Å². The summed E-state index contributed by atoms with van der Waals surface area (Å²) in [5.74, 6) is -2.28. The third-order valence-electron chi connectivity index (χ3n) is 4.05. The summed E-state index contributed by atoms with van der Waals surface area (Å²) in [6.07, 6.45) is 0. The van der Waals surface area contributed by atoms with Crippen molar-refractivity contribution in [3.8, 4) is 0 Å². The van der Waals surface area contributed by atoms with Gasteiger partial charge in [-0.05, 0) is 25.1 Å². The summed E-state index contributed by atoms with van der Waals surface area (Å²) >= 11 is 12.6. The van der Waals surface area contributed by atoms with Gasteiger partial charge in [0.25, 0.3) is 0 Å². The fourth-order valence-electron chi connectivity index (χ4n) is 2.98. The Labute approximate surface area is 151 Å². The van der Waals surface area contributed by atoms with Crippen molar-refractivity contribution in [2.24, 2.45) is 4.99 Å². The van der Waals surface area contributed by atoms with Crippen LogP contribution in [0.25, 0.3) is 0 Å². The first kappa shape index (κ1) is 17.9. The molecule has 0 spiro atoms. The van der Waals surface area contributed by atoms with E-state index in [-0.39, 0.29) is 27.4 Å². The van der Waals surface area contributed by atoms with E-state index in [1.54, 1.807) is 6.92 Å². The van der Waals surface area contributed by atoms with E-state index in [1.165, 1.54) is 12.1 Å². The molecule has 2 aromatic carbocycles. The number of amidine groups is 1. The fourth-order valence-corrected chi connectivity index (χ4v) is 3.68. The van der Waals surface area contributed by atoms with E-state index in [0.29, 0.717) is 11.8 Å². The second-order valence-electron chi connectivity index (χ2n) is 5.43. The van der Waals surface area contributed by atoms with Crippen LogP contribution in [-0.2, 0) is 0 Å². The molecule has 0 aromatic heterocycles. The molecule has 3 nitrogen and oxygen atoms in total. The zero-order valence-electron chi connectivity index (χ0n) is 12.9. The van der Waals surface area contributed by atoms with Crippen LogP contribution >= 0.6 is 23.2 Å². The van der Waals surface area contributed by atoms with Crippen molar-refractivity contribution >= 4 is 39.9 Å². The lowest BCUT2D eigenvalue weighted by molar-refractivity contribution is 0.309. The maximum absolute atomic E-state index is 14.7. The lowest BCUT2D eigenvalue weighted by Crippen LogP contribution is -2.46. The van der Waals surface area contributed by atoms with Crippen molar-refractivity contribution in [2.75, 3.05) is 6.61 Å². The van der Waals surface area contributed by atoms with Gasteiger partial charge in [-0.15, -0.1) is 0 Å². The predicted molar refractivity (Wildman–Crippen MR) is 92.3 cm³/mol. The number of benzene rings is 2. The minimum absolute atomic E-state index is 0.0438. The highest BCUT2D eigenvalue weighted by Crippen LogP contribution is 2.49. The Balaban J connectivity index is 2.44. The van der Waals surface area contributed by atoms with Gasteiger partial charge in [-0.3, -0.25) is 0 Å². The van der Waals surface area contributed by atoms with Crippen LogP contribution < -0.4 is 4.48 Å². The molecule has 1 aliphatic heterocycles. The maximum Gasteiger partial charge on any atom is 0.315 e. The highest BCUT2D eigenvalue weighted by atomic mass is 35.5. The molecule has 2 aromatic rings. The van der Waals surface area contributed by atoms with E-state index < -0.39 is 28.5 Å². The molecule has 0 radical (unpaired) electrons. The Hall–Kier alpha value is -1.86. The minimum atomic E-state index is -0.908. The molecule has 3 rings (SSSR count). The van der Waals surface area contributed by atoms with Gasteiger partial charge >= 0.3 is 5.29 Å². The van der Waals surface area contributed by atoms with E-state index in [0.717, 1.165) is 18.2 Å². The number of allylic oxidation sites excluding steroid dienone is 1. The maximum atomic E-state index is 14.7. The molecule has 1 unspecified atom stereocenters. The van der Waals surface area contributed by atoms with Crippen molar-refractivity contribution in [3.05, 3.63) is 70.3 Å². The Bertz CT molecular complexity index is 877. The number of aliphatic imine (C=N–C) groups is 1. The second kappa shape index (κ2) is 6.46. The molecule has 0 amide bonds. The van der Waals surface area contributed by atoms with Crippen LogP contribution in [0.1, 0.15) is 6.92 Å². The fraction of sp³-hybridized carbons (Fsp3) is 0.118. The van der Waals surface area contributed by atoms with Crippen molar-refractivity contribution in [2.45, 2.75) is 6.92 Å². The zero-order chi connectivity index (χ0) is 18.4. The highest BCUT2D eigenvalue weighted by Gasteiger charge is 2.51. The summed E-state index contributed by atoms with van der Waals surface area (Å²) in [4.78, 5) is 4.14. The van der Waals surface area contributed by atoms with E-state index in [1.807, 2.05) is 0 Å². The first-order chi connectivity index (χ1) is 11.8. The van der Waals surface area contributed by atoms with Crippen molar-refractivity contribution < 1.29 is 18.3 Å². The Morgan fingerprint density at radius 3 is 2.16 bits per heavy atom. The molecule has 130 valence electrons. The van der Waals surface area contributed by atoms with Gasteiger partial charge in [-0.25, -0.2) is 13.2 Å². The molecule has 1 N–H and O–H groups in total. The molecule has 0 saturated heterocycles. The number of aliphatic hydroxyl groups is 1. The lowest BCUT2D eigenvalue weighted by Gasteiger charge is -2.33. The minimum Gasteiger partial charge on any atom is -0.386 e. The molecule has 0 fully saturated rings. The van der Waals surface area contributed by atoms with E-state index in [4.69, 9.17) is 23.2 Å². The van der Waals surface area contributed by atoms with Gasteiger partial charge in [0, 0.05) is 29.8 Å². The van der Waals surface area contributed by atoms with Gasteiger partial charge in [-0.2, -0.15) is 9.48 Å². The molecule has 25 heavy (non-hydrogen) atoms. The number of hydrogen-bond donors (Lipinski definition) is 1. The van der Waals surface area contributed by atoms with Crippen LogP contribution in [0.2, 0.25) is 5.02 Å². The molecule has 8 heteroatoms. The van der Waals surface area contributed by atoms with Crippen molar-refractivity contribution in [3.63, 3.8) is 0 Å². The molecular weight excluding hydrogens is 376 g/mol. The topological polar surface area (TPSA) is 32.6 Å². The van der Waals surface area contributed by atoms with Crippen LogP contribution in [-0.4, -0.2) is 17.0 Å². The largest absolute Gasteiger partial charge is 0.386 e. The molecule has 0 aliphatic carbocycles. The third-order valence-corrected chi connectivity index (χ3v) is 4.69. The summed E-state index contributed by atoms with van der Waals surface area (Å²) < 4.78 is 40.9. The van der Waals surface area contributed by atoms with E-state index in [2.05, 4.69) is 4.99 Å². The van der Waals surface area contributed by atoms with Gasteiger partial charge in [0.1, 0.15) is 29.0 Å². The van der Waals surface area contributed by atoms with Crippen molar-refractivity contribution in [1.29, 1.82) is 0 Å². The van der Waals surface area contributed by atoms with E-state index in [9.17, 15) is 18.3 Å². The van der Waals surface area contributed by atoms with Gasteiger partial charge in [0.15, 0.2) is 22.9 Å². The number of halogens is 5. The molecular formula is C17H12Cl2F3N2O+. The molecule has 1 atom stereocenters. The van der Waals surface area contributed by atoms with Gasteiger partial charge in [0.05, 0.1) is 0 Å². The first-order valence-electron chi connectivity index (χ1n) is 7.18. The molecule has 1 aliphatic rings. The lowest BCUT2D eigenvalue weighted by atomic mass is 10.1. The average molecular weight is 388 g/mol. The highest BCUT2D eigenvalue weighted by molar-refractivity contribution is 6.68. The first-order valence-corrected chi connectivity index (χ1v) is 7.94. The Morgan fingerprint density at radius 1 is 1.00 bits per heavy atom. The van der Waals surface area contributed by atoms with Crippen LogP contribution in [0.4, 0.5) is 24.5 Å². The summed E-state index contributed by atoms with van der Waals surface area (Å²) in [6, 6.07) is 6.45. The summed E-state index contributed by atoms with van der Waals surface area (Å²) in [5.41, 5.74) is 0.674. The van der Waals surface area contributed by atoms with Gasteiger partial charge in [-0.1, -0.05) is 11.6 Å². The number of aliphatic hydroxyl groups excluding tert-OH is 1. The standard InChI is InChI=1S/C17H12Cl2F3N2O/c1-9-16(8-25)24(17(19)23-9,14-4-2-10(20)6-12(14)18)15-5-3-11(21)7-13(15)22/h2-7,25H,8H2,1H3/q+1. The summed E-state index contributed by atoms with van der Waals surface area (Å²) in [7, 11) is 0. The Kier molecular flexibility index (Phi) is 4.64. The quantitative estimate of drug-likeness (QED) is 0.567. The van der Waals surface area contributed by atoms with Crippen LogP contribution in [0.5, 0.6) is 0 Å². The van der Waals surface area contributed by atoms with Gasteiger partial charge < -0.3 is 5.11 Å². The monoisotopic (exact) mass is 387 g/mol. The predicted octanol–water partition coefficient (Wildman–Crippen LogP) is 5.23. The molecule has 1 heterocycles. The number of nitrogens with zero attached hydrogens (tertiary/aromatic N) is 2. The SMILES string of the molecule is CC1=C(CO)[N+](c2ccc(F)cc2F)(c2ccc(F)cc2Cl)C(Cl)=N1. The number of quaternary nitrogens is 1. The Morgan fingerprint density at radius 2 is 1.60 bits per heavy atom.